The quantitative estimate of drug-likeness (QED) is 0.945. The predicted molar refractivity (Wildman–Crippen MR) is 77.3 cm³/mol. The Morgan fingerprint density at radius 3 is 2.74 bits per heavy atom. The zero-order chi connectivity index (χ0) is 13.2. The van der Waals surface area contributed by atoms with Crippen molar-refractivity contribution < 1.29 is 0 Å². The van der Waals surface area contributed by atoms with Crippen LogP contribution in [0, 0.1) is 0 Å². The second kappa shape index (κ2) is 5.48. The van der Waals surface area contributed by atoms with Gasteiger partial charge in [0, 0.05) is 36.9 Å². The number of likely N-dealkylation sites (tertiary alicyclic amines) is 1. The van der Waals surface area contributed by atoms with Gasteiger partial charge in [0.25, 0.3) is 0 Å². The molecule has 1 aliphatic rings. The van der Waals surface area contributed by atoms with Crippen LogP contribution >= 0.6 is 22.9 Å². The Morgan fingerprint density at radius 2 is 2.16 bits per heavy atom. The van der Waals surface area contributed by atoms with Crippen molar-refractivity contribution in [2.75, 3.05) is 18.8 Å². The lowest BCUT2D eigenvalue weighted by molar-refractivity contribution is 0.174. The zero-order valence-electron chi connectivity index (χ0n) is 10.5. The largest absolute Gasteiger partial charge is 0.375 e. The van der Waals surface area contributed by atoms with Gasteiger partial charge < -0.3 is 5.73 Å². The van der Waals surface area contributed by atoms with Gasteiger partial charge in [-0.3, -0.25) is 9.58 Å². The van der Waals surface area contributed by atoms with Crippen LogP contribution in [-0.4, -0.2) is 32.8 Å². The van der Waals surface area contributed by atoms with Crippen molar-refractivity contribution in [1.29, 1.82) is 0 Å². The van der Waals surface area contributed by atoms with Crippen molar-refractivity contribution in [1.82, 2.24) is 19.7 Å². The van der Waals surface area contributed by atoms with Crippen LogP contribution in [0.3, 0.4) is 0 Å². The number of thiazole rings is 1. The summed E-state index contributed by atoms with van der Waals surface area (Å²) in [5.41, 5.74) is 5.65. The van der Waals surface area contributed by atoms with Gasteiger partial charge in [-0.2, -0.15) is 5.10 Å². The molecule has 0 atom stereocenters. The highest BCUT2D eigenvalue weighted by Crippen LogP contribution is 2.25. The molecule has 7 heteroatoms. The Bertz CT molecular complexity index is 544. The highest BCUT2D eigenvalue weighted by molar-refractivity contribution is 7.15. The Labute approximate surface area is 121 Å². The van der Waals surface area contributed by atoms with Gasteiger partial charge in [-0.05, 0) is 12.8 Å². The summed E-state index contributed by atoms with van der Waals surface area (Å²) < 4.78 is 1.99. The maximum atomic E-state index is 5.91. The Hall–Kier alpha value is -1.11. The summed E-state index contributed by atoms with van der Waals surface area (Å²) in [5, 5.41) is 5.65. The molecule has 102 valence electrons. The van der Waals surface area contributed by atoms with Gasteiger partial charge >= 0.3 is 0 Å². The van der Waals surface area contributed by atoms with E-state index in [2.05, 4.69) is 15.0 Å². The lowest BCUT2D eigenvalue weighted by Gasteiger charge is -2.31. The van der Waals surface area contributed by atoms with Gasteiger partial charge in [-0.15, -0.1) is 11.3 Å². The molecule has 1 saturated heterocycles. The van der Waals surface area contributed by atoms with E-state index in [4.69, 9.17) is 17.3 Å². The van der Waals surface area contributed by atoms with Crippen LogP contribution in [-0.2, 0) is 6.54 Å². The Kier molecular flexibility index (Phi) is 3.72. The summed E-state index contributed by atoms with van der Waals surface area (Å²) in [4.78, 5) is 7.76. The number of halogens is 1. The van der Waals surface area contributed by atoms with E-state index in [1.54, 1.807) is 17.5 Å². The highest BCUT2D eigenvalue weighted by atomic mass is 35.5. The molecule has 3 rings (SSSR count). The average Bonchev–Trinajstić information content (AvgIpc) is 3.00. The number of hydrogen-bond donors (Lipinski definition) is 1. The average molecular weight is 298 g/mol. The number of nitrogen functional groups attached to an aromatic ring is 1. The van der Waals surface area contributed by atoms with Crippen molar-refractivity contribution >= 4 is 28.1 Å². The third-order valence-corrected chi connectivity index (χ3v) is 4.46. The number of anilines is 1. The monoisotopic (exact) mass is 297 g/mol. The van der Waals surface area contributed by atoms with Crippen LogP contribution in [0.25, 0.3) is 0 Å². The van der Waals surface area contributed by atoms with E-state index in [0.29, 0.717) is 16.2 Å². The van der Waals surface area contributed by atoms with Crippen LogP contribution in [0.5, 0.6) is 0 Å². The summed E-state index contributed by atoms with van der Waals surface area (Å²) in [5.74, 6) is 0. The molecule has 0 spiro atoms. The minimum Gasteiger partial charge on any atom is -0.375 e. The SMILES string of the molecule is Nc1ncc(CN2CCC(n3cc(Cl)cn3)CC2)s1. The molecule has 0 amide bonds. The van der Waals surface area contributed by atoms with Crippen LogP contribution in [0.1, 0.15) is 23.8 Å². The Balaban J connectivity index is 1.54. The summed E-state index contributed by atoms with van der Waals surface area (Å²) in [6.07, 6.45) is 7.69. The molecular weight excluding hydrogens is 282 g/mol. The van der Waals surface area contributed by atoms with E-state index in [0.717, 1.165) is 32.5 Å². The molecule has 5 nitrogen and oxygen atoms in total. The molecule has 2 N–H and O–H groups in total. The molecule has 0 aliphatic carbocycles. The second-order valence-corrected chi connectivity index (χ2v) is 6.39. The third-order valence-electron chi connectivity index (χ3n) is 3.45. The van der Waals surface area contributed by atoms with Crippen molar-refractivity contribution in [2.45, 2.75) is 25.4 Å². The predicted octanol–water partition coefficient (Wildman–Crippen LogP) is 2.41. The maximum Gasteiger partial charge on any atom is 0.180 e. The molecule has 19 heavy (non-hydrogen) atoms. The van der Waals surface area contributed by atoms with Crippen LogP contribution in [0.4, 0.5) is 5.13 Å². The van der Waals surface area contributed by atoms with E-state index in [1.165, 1.54) is 4.88 Å². The number of rotatable bonds is 3. The number of nitrogens with zero attached hydrogens (tertiary/aromatic N) is 4. The Morgan fingerprint density at radius 1 is 1.37 bits per heavy atom. The van der Waals surface area contributed by atoms with Crippen LogP contribution in [0.15, 0.2) is 18.6 Å². The number of aromatic nitrogens is 3. The second-order valence-electron chi connectivity index (χ2n) is 4.81. The first-order valence-electron chi connectivity index (χ1n) is 6.33. The highest BCUT2D eigenvalue weighted by Gasteiger charge is 2.21. The van der Waals surface area contributed by atoms with E-state index < -0.39 is 0 Å². The number of piperidine rings is 1. The first-order valence-corrected chi connectivity index (χ1v) is 7.52. The normalized spacial score (nSPS) is 17.9. The van der Waals surface area contributed by atoms with Crippen molar-refractivity contribution in [3.05, 3.63) is 28.5 Å². The lowest BCUT2D eigenvalue weighted by atomic mass is 10.1. The summed E-state index contributed by atoms with van der Waals surface area (Å²) in [6.45, 7) is 3.08. The molecule has 3 heterocycles. The van der Waals surface area contributed by atoms with Gasteiger partial charge in [0.15, 0.2) is 5.13 Å². The minimum atomic E-state index is 0.468. The first-order chi connectivity index (χ1) is 9.20. The van der Waals surface area contributed by atoms with Crippen LogP contribution in [0.2, 0.25) is 5.02 Å². The molecule has 0 bridgehead atoms. The van der Waals surface area contributed by atoms with Crippen LogP contribution < -0.4 is 5.73 Å². The van der Waals surface area contributed by atoms with E-state index >= 15 is 0 Å². The topological polar surface area (TPSA) is 60.0 Å². The van der Waals surface area contributed by atoms with Gasteiger partial charge in [0.05, 0.1) is 17.3 Å². The minimum absolute atomic E-state index is 0.468. The van der Waals surface area contributed by atoms with Gasteiger partial charge in [-0.25, -0.2) is 4.98 Å². The van der Waals surface area contributed by atoms with Gasteiger partial charge in [-0.1, -0.05) is 11.6 Å². The van der Waals surface area contributed by atoms with Crippen molar-refractivity contribution in [2.24, 2.45) is 0 Å². The fourth-order valence-corrected chi connectivity index (χ4v) is 3.34. The zero-order valence-corrected chi connectivity index (χ0v) is 12.1. The lowest BCUT2D eigenvalue weighted by Crippen LogP contribution is -2.34. The molecule has 0 radical (unpaired) electrons. The third kappa shape index (κ3) is 3.08. The summed E-state index contributed by atoms with van der Waals surface area (Å²) in [7, 11) is 0. The summed E-state index contributed by atoms with van der Waals surface area (Å²) >= 11 is 7.48. The molecule has 2 aromatic heterocycles. The van der Waals surface area contributed by atoms with Crippen molar-refractivity contribution in [3.8, 4) is 0 Å². The molecule has 0 unspecified atom stereocenters. The van der Waals surface area contributed by atoms with Gasteiger partial charge in [0.2, 0.25) is 0 Å². The fourth-order valence-electron chi connectivity index (χ4n) is 2.47. The molecule has 1 fully saturated rings. The smallest absolute Gasteiger partial charge is 0.180 e. The standard InChI is InChI=1S/C12H16ClN5S/c13-9-5-16-18(7-9)10-1-3-17(4-2-10)8-11-6-15-12(14)19-11/h5-7,10H,1-4,8H2,(H2,14,15). The fraction of sp³-hybridized carbons (Fsp3) is 0.500. The molecule has 0 saturated carbocycles. The van der Waals surface area contributed by atoms with E-state index in [1.807, 2.05) is 17.1 Å². The van der Waals surface area contributed by atoms with Crippen molar-refractivity contribution in [3.63, 3.8) is 0 Å². The maximum absolute atomic E-state index is 5.91. The molecule has 2 aromatic rings. The summed E-state index contributed by atoms with van der Waals surface area (Å²) in [6, 6.07) is 0.468. The molecule has 0 aromatic carbocycles. The molecular formula is C12H16ClN5S. The molecule has 1 aliphatic heterocycles. The number of hydrogen-bond acceptors (Lipinski definition) is 5. The van der Waals surface area contributed by atoms with E-state index in [9.17, 15) is 0 Å². The first kappa shape index (κ1) is 12.9. The number of nitrogens with two attached hydrogens (primary N) is 1. The van der Waals surface area contributed by atoms with Gasteiger partial charge in [0.1, 0.15) is 0 Å². The van der Waals surface area contributed by atoms with E-state index in [-0.39, 0.29) is 0 Å².